The zero-order valence-corrected chi connectivity index (χ0v) is 8.47. The van der Waals surface area contributed by atoms with Crippen molar-refractivity contribution in [1.29, 1.82) is 0 Å². The van der Waals surface area contributed by atoms with E-state index in [0.29, 0.717) is 13.0 Å². The molecule has 1 atom stereocenters. The summed E-state index contributed by atoms with van der Waals surface area (Å²) in [5.41, 5.74) is -0.273. The van der Waals surface area contributed by atoms with Gasteiger partial charge >= 0.3 is 5.97 Å². The first-order valence-electron chi connectivity index (χ1n) is 4.96. The molecule has 3 nitrogen and oxygen atoms in total. The van der Waals surface area contributed by atoms with E-state index >= 15 is 0 Å². The van der Waals surface area contributed by atoms with Gasteiger partial charge < -0.3 is 9.47 Å². The van der Waals surface area contributed by atoms with Crippen molar-refractivity contribution in [3.05, 3.63) is 0 Å². The highest BCUT2D eigenvalue weighted by Gasteiger charge is 2.31. The Labute approximate surface area is 79.4 Å². The minimum Gasteiger partial charge on any atom is -0.459 e. The number of hydrogen-bond donors (Lipinski definition) is 0. The highest BCUT2D eigenvalue weighted by molar-refractivity contribution is 5.70. The fourth-order valence-electron chi connectivity index (χ4n) is 1.59. The fourth-order valence-corrected chi connectivity index (χ4v) is 1.59. The topological polar surface area (TPSA) is 35.5 Å². The summed E-state index contributed by atoms with van der Waals surface area (Å²) >= 11 is 0. The van der Waals surface area contributed by atoms with Gasteiger partial charge in [-0.1, -0.05) is 0 Å². The van der Waals surface area contributed by atoms with Gasteiger partial charge in [-0.2, -0.15) is 0 Å². The van der Waals surface area contributed by atoms with Gasteiger partial charge in [-0.05, 0) is 26.7 Å². The Morgan fingerprint density at radius 1 is 1.62 bits per heavy atom. The fraction of sp³-hybridized carbons (Fsp3) is 0.900. The summed E-state index contributed by atoms with van der Waals surface area (Å²) in [5.74, 6) is -0.0646. The molecule has 0 unspecified atom stereocenters. The molecular formula is C10H18O3. The van der Waals surface area contributed by atoms with Crippen molar-refractivity contribution in [1.82, 2.24) is 0 Å². The second kappa shape index (κ2) is 4.61. The molecule has 0 N–H and O–H groups in total. The third kappa shape index (κ3) is 3.35. The van der Waals surface area contributed by atoms with Crippen molar-refractivity contribution >= 4 is 5.97 Å². The molecule has 1 heterocycles. The quantitative estimate of drug-likeness (QED) is 0.497. The number of carbonyl (C=O) groups is 1. The minimum atomic E-state index is -0.273. The molecule has 0 aliphatic carbocycles. The van der Waals surface area contributed by atoms with E-state index in [0.717, 1.165) is 25.9 Å². The van der Waals surface area contributed by atoms with Crippen LogP contribution in [-0.2, 0) is 14.3 Å². The first-order valence-corrected chi connectivity index (χ1v) is 4.96. The van der Waals surface area contributed by atoms with Crippen LogP contribution in [0.4, 0.5) is 0 Å². The molecule has 1 rings (SSSR count). The molecule has 0 radical (unpaired) electrons. The van der Waals surface area contributed by atoms with E-state index in [9.17, 15) is 4.79 Å². The molecule has 0 aromatic heterocycles. The summed E-state index contributed by atoms with van der Waals surface area (Å²) in [7, 11) is 0. The van der Waals surface area contributed by atoms with Crippen molar-refractivity contribution < 1.29 is 14.3 Å². The Morgan fingerprint density at radius 3 is 3.00 bits per heavy atom. The van der Waals surface area contributed by atoms with Crippen molar-refractivity contribution in [2.45, 2.75) is 45.1 Å². The normalized spacial score (nSPS) is 28.6. The molecule has 0 spiro atoms. The van der Waals surface area contributed by atoms with Gasteiger partial charge in [0.2, 0.25) is 0 Å². The summed E-state index contributed by atoms with van der Waals surface area (Å²) in [6, 6.07) is 0. The van der Waals surface area contributed by atoms with Crippen LogP contribution in [0.1, 0.15) is 39.5 Å². The summed E-state index contributed by atoms with van der Waals surface area (Å²) in [6.45, 7) is 5.36. The molecule has 1 fully saturated rings. The van der Waals surface area contributed by atoms with Gasteiger partial charge in [0.05, 0.1) is 6.61 Å². The van der Waals surface area contributed by atoms with Gasteiger partial charge in [-0.15, -0.1) is 0 Å². The Bertz CT molecular complexity index is 179. The number of hydrogen-bond acceptors (Lipinski definition) is 3. The summed E-state index contributed by atoms with van der Waals surface area (Å²) in [5, 5.41) is 0. The van der Waals surface area contributed by atoms with E-state index < -0.39 is 0 Å². The van der Waals surface area contributed by atoms with Crippen molar-refractivity contribution in [2.75, 3.05) is 13.2 Å². The largest absolute Gasteiger partial charge is 0.459 e. The van der Waals surface area contributed by atoms with Crippen LogP contribution in [0.15, 0.2) is 0 Å². The molecule has 13 heavy (non-hydrogen) atoms. The van der Waals surface area contributed by atoms with Gasteiger partial charge in [-0.25, -0.2) is 0 Å². The highest BCUT2D eigenvalue weighted by atomic mass is 16.6. The van der Waals surface area contributed by atoms with Crippen molar-refractivity contribution in [2.24, 2.45) is 0 Å². The smallest absolute Gasteiger partial charge is 0.306 e. The molecule has 0 bridgehead atoms. The van der Waals surface area contributed by atoms with E-state index in [1.165, 1.54) is 0 Å². The molecule has 0 amide bonds. The first-order chi connectivity index (χ1) is 6.16. The molecule has 0 saturated carbocycles. The maximum atomic E-state index is 11.0. The summed E-state index contributed by atoms with van der Waals surface area (Å²) < 4.78 is 10.5. The maximum Gasteiger partial charge on any atom is 0.306 e. The van der Waals surface area contributed by atoms with Gasteiger partial charge in [0, 0.05) is 19.4 Å². The van der Waals surface area contributed by atoms with Gasteiger partial charge in [-0.3, -0.25) is 4.79 Å². The monoisotopic (exact) mass is 186 g/mol. The zero-order chi connectivity index (χ0) is 9.73. The van der Waals surface area contributed by atoms with Crippen LogP contribution >= 0.6 is 0 Å². The van der Waals surface area contributed by atoms with Gasteiger partial charge in [0.25, 0.3) is 0 Å². The molecular weight excluding hydrogens is 168 g/mol. The Hall–Kier alpha value is -0.570. The SMILES string of the molecule is CCOCC[C@@]1(C)CCCC(=O)O1. The average molecular weight is 186 g/mol. The van der Waals surface area contributed by atoms with Crippen molar-refractivity contribution in [3.63, 3.8) is 0 Å². The Morgan fingerprint density at radius 2 is 2.38 bits per heavy atom. The lowest BCUT2D eigenvalue weighted by Gasteiger charge is -2.33. The predicted molar refractivity (Wildman–Crippen MR) is 49.5 cm³/mol. The standard InChI is InChI=1S/C10H18O3/c1-3-12-8-7-10(2)6-4-5-9(11)13-10/h3-8H2,1-2H3/t10-/m1/s1. The number of rotatable bonds is 4. The Balaban J connectivity index is 2.31. The van der Waals surface area contributed by atoms with Crippen molar-refractivity contribution in [3.8, 4) is 0 Å². The van der Waals surface area contributed by atoms with Crippen LogP contribution in [0.3, 0.4) is 0 Å². The highest BCUT2D eigenvalue weighted by Crippen LogP contribution is 2.28. The van der Waals surface area contributed by atoms with E-state index in [1.807, 2.05) is 13.8 Å². The van der Waals surface area contributed by atoms with Crippen LogP contribution in [0.2, 0.25) is 0 Å². The lowest BCUT2D eigenvalue weighted by Crippen LogP contribution is -2.36. The molecule has 0 aromatic rings. The lowest BCUT2D eigenvalue weighted by molar-refractivity contribution is -0.167. The number of cyclic esters (lactones) is 1. The van der Waals surface area contributed by atoms with E-state index in [2.05, 4.69) is 0 Å². The van der Waals surface area contributed by atoms with E-state index in [4.69, 9.17) is 9.47 Å². The molecule has 1 aliphatic heterocycles. The van der Waals surface area contributed by atoms with E-state index in [-0.39, 0.29) is 11.6 Å². The van der Waals surface area contributed by atoms with Gasteiger partial charge in [0.15, 0.2) is 0 Å². The second-order valence-corrected chi connectivity index (χ2v) is 3.72. The van der Waals surface area contributed by atoms with Crippen LogP contribution in [0, 0.1) is 0 Å². The molecule has 0 aromatic carbocycles. The second-order valence-electron chi connectivity index (χ2n) is 3.72. The van der Waals surface area contributed by atoms with Crippen LogP contribution in [0.5, 0.6) is 0 Å². The third-order valence-corrected chi connectivity index (χ3v) is 2.43. The van der Waals surface area contributed by atoms with Crippen LogP contribution < -0.4 is 0 Å². The third-order valence-electron chi connectivity index (χ3n) is 2.43. The minimum absolute atomic E-state index is 0.0646. The summed E-state index contributed by atoms with van der Waals surface area (Å²) in [6.07, 6.45) is 3.30. The molecule has 3 heteroatoms. The molecule has 76 valence electrons. The first kappa shape index (κ1) is 10.5. The lowest BCUT2D eigenvalue weighted by atomic mass is 9.93. The molecule has 1 aliphatic rings. The zero-order valence-electron chi connectivity index (χ0n) is 8.47. The summed E-state index contributed by atoms with van der Waals surface area (Å²) in [4.78, 5) is 11.0. The maximum absolute atomic E-state index is 11.0. The Kier molecular flexibility index (Phi) is 3.72. The number of esters is 1. The average Bonchev–Trinajstić information content (AvgIpc) is 2.04. The number of carbonyl (C=O) groups excluding carboxylic acids is 1. The number of ether oxygens (including phenoxy) is 2. The van der Waals surface area contributed by atoms with Crippen LogP contribution in [0.25, 0.3) is 0 Å². The van der Waals surface area contributed by atoms with E-state index in [1.54, 1.807) is 0 Å². The molecule has 1 saturated heterocycles. The predicted octanol–water partition coefficient (Wildman–Crippen LogP) is 1.90. The van der Waals surface area contributed by atoms with Crippen LogP contribution in [-0.4, -0.2) is 24.8 Å². The van der Waals surface area contributed by atoms with Gasteiger partial charge in [0.1, 0.15) is 5.60 Å².